The van der Waals surface area contributed by atoms with Crippen LogP contribution in [0.5, 0.6) is 0 Å². The van der Waals surface area contributed by atoms with Crippen LogP contribution in [-0.4, -0.2) is 9.55 Å². The summed E-state index contributed by atoms with van der Waals surface area (Å²) in [6.45, 7) is 4.46. The summed E-state index contributed by atoms with van der Waals surface area (Å²) in [6.07, 6.45) is 7.77. The van der Waals surface area contributed by atoms with Gasteiger partial charge in [-0.2, -0.15) is 0 Å². The number of hydrogen-bond acceptors (Lipinski definition) is 2. The minimum absolute atomic E-state index is 0.616. The van der Waals surface area contributed by atoms with Crippen molar-refractivity contribution in [3.63, 3.8) is 0 Å². The quantitative estimate of drug-likeness (QED) is 0.850. The molecule has 2 N–H and O–H groups in total. The molecule has 1 aromatic heterocycles. The van der Waals surface area contributed by atoms with Crippen molar-refractivity contribution in [3.8, 4) is 0 Å². The van der Waals surface area contributed by atoms with Crippen molar-refractivity contribution in [1.29, 1.82) is 0 Å². The Morgan fingerprint density at radius 3 is 2.35 bits per heavy atom. The van der Waals surface area contributed by atoms with Gasteiger partial charge in [0.25, 0.3) is 0 Å². The molecular weight excluding hydrogens is 210 g/mol. The molecule has 3 rings (SSSR count). The van der Waals surface area contributed by atoms with Crippen molar-refractivity contribution < 1.29 is 0 Å². The van der Waals surface area contributed by atoms with Crippen LogP contribution in [0.4, 0.5) is 5.82 Å². The largest absolute Gasteiger partial charge is 0.384 e. The van der Waals surface area contributed by atoms with E-state index in [9.17, 15) is 0 Å². The maximum atomic E-state index is 6.31. The second-order valence-corrected chi connectivity index (χ2v) is 5.99. The number of nitrogen functional groups attached to an aromatic ring is 1. The van der Waals surface area contributed by atoms with E-state index in [-0.39, 0.29) is 0 Å². The average Bonchev–Trinajstić information content (AvgIpc) is 3.08. The number of anilines is 1. The Balaban J connectivity index is 1.85. The Morgan fingerprint density at radius 2 is 1.76 bits per heavy atom. The molecular formula is C14H23N3. The lowest BCUT2D eigenvalue weighted by Crippen LogP contribution is -2.13. The van der Waals surface area contributed by atoms with Crippen molar-refractivity contribution in [2.75, 3.05) is 5.73 Å². The van der Waals surface area contributed by atoms with E-state index in [2.05, 4.69) is 18.4 Å². The summed E-state index contributed by atoms with van der Waals surface area (Å²) in [4.78, 5) is 4.76. The topological polar surface area (TPSA) is 43.8 Å². The molecule has 1 heterocycles. The Bertz CT molecular complexity index is 409. The van der Waals surface area contributed by atoms with E-state index in [0.29, 0.717) is 12.0 Å². The summed E-state index contributed by atoms with van der Waals surface area (Å²) in [5.74, 6) is 3.59. The Morgan fingerprint density at radius 1 is 1.12 bits per heavy atom. The summed E-state index contributed by atoms with van der Waals surface area (Å²) >= 11 is 0. The van der Waals surface area contributed by atoms with Crippen LogP contribution in [0.25, 0.3) is 0 Å². The standard InChI is InChI=1S/C14H23N3/c1-9-3-5-11(6-4-9)13-14(15)17(10(2)16-13)12-7-8-12/h9,11-12H,3-8,15H2,1-2H3. The van der Waals surface area contributed by atoms with Gasteiger partial charge in [-0.05, 0) is 38.5 Å². The third-order valence-electron chi connectivity index (χ3n) is 4.47. The van der Waals surface area contributed by atoms with Gasteiger partial charge in [-0.25, -0.2) is 4.98 Å². The molecule has 94 valence electrons. The van der Waals surface area contributed by atoms with Gasteiger partial charge in [-0.15, -0.1) is 0 Å². The van der Waals surface area contributed by atoms with Crippen molar-refractivity contribution in [3.05, 3.63) is 11.5 Å². The molecule has 0 aromatic carbocycles. The summed E-state index contributed by atoms with van der Waals surface area (Å²) in [5, 5.41) is 0. The molecule has 0 aliphatic heterocycles. The van der Waals surface area contributed by atoms with Gasteiger partial charge < -0.3 is 10.3 Å². The molecule has 17 heavy (non-hydrogen) atoms. The van der Waals surface area contributed by atoms with E-state index in [4.69, 9.17) is 10.7 Å². The molecule has 0 unspecified atom stereocenters. The van der Waals surface area contributed by atoms with Gasteiger partial charge in [0.1, 0.15) is 11.6 Å². The molecule has 2 aliphatic carbocycles. The highest BCUT2D eigenvalue weighted by atomic mass is 15.2. The third kappa shape index (κ3) is 1.96. The van der Waals surface area contributed by atoms with Crippen LogP contribution in [0.3, 0.4) is 0 Å². The first-order chi connectivity index (χ1) is 8.16. The number of rotatable bonds is 2. The molecule has 0 amide bonds. The van der Waals surface area contributed by atoms with E-state index in [1.165, 1.54) is 44.2 Å². The molecule has 1 aromatic rings. The van der Waals surface area contributed by atoms with E-state index >= 15 is 0 Å². The SMILES string of the molecule is Cc1nc(C2CCC(C)CC2)c(N)n1C1CC1. The van der Waals surface area contributed by atoms with Gasteiger partial charge in [-0.1, -0.05) is 19.8 Å². The van der Waals surface area contributed by atoms with Crippen LogP contribution < -0.4 is 5.73 Å². The van der Waals surface area contributed by atoms with Crippen LogP contribution in [-0.2, 0) is 0 Å². The van der Waals surface area contributed by atoms with Crippen LogP contribution in [0, 0.1) is 12.8 Å². The number of aromatic nitrogens is 2. The molecule has 3 nitrogen and oxygen atoms in total. The van der Waals surface area contributed by atoms with Gasteiger partial charge in [-0.3, -0.25) is 0 Å². The molecule has 2 aliphatic rings. The molecule has 0 saturated heterocycles. The fourth-order valence-corrected chi connectivity index (χ4v) is 3.21. The molecule has 0 bridgehead atoms. The Hall–Kier alpha value is -0.990. The lowest BCUT2D eigenvalue weighted by molar-refractivity contribution is 0.345. The Kier molecular flexibility index (Phi) is 2.64. The number of hydrogen-bond donors (Lipinski definition) is 1. The highest BCUT2D eigenvalue weighted by Crippen LogP contribution is 2.42. The number of aryl methyl sites for hydroxylation is 1. The summed E-state index contributed by atoms with van der Waals surface area (Å²) < 4.78 is 2.27. The first-order valence-corrected chi connectivity index (χ1v) is 7.01. The van der Waals surface area contributed by atoms with Gasteiger partial charge >= 0.3 is 0 Å². The van der Waals surface area contributed by atoms with E-state index in [0.717, 1.165) is 17.6 Å². The van der Waals surface area contributed by atoms with E-state index < -0.39 is 0 Å². The fourth-order valence-electron chi connectivity index (χ4n) is 3.21. The minimum Gasteiger partial charge on any atom is -0.384 e. The van der Waals surface area contributed by atoms with E-state index in [1.54, 1.807) is 0 Å². The smallest absolute Gasteiger partial charge is 0.127 e. The van der Waals surface area contributed by atoms with Crippen molar-refractivity contribution in [2.24, 2.45) is 5.92 Å². The average molecular weight is 233 g/mol. The predicted octanol–water partition coefficient (Wildman–Crippen LogP) is 3.40. The van der Waals surface area contributed by atoms with Crippen LogP contribution >= 0.6 is 0 Å². The highest BCUT2D eigenvalue weighted by Gasteiger charge is 2.31. The maximum Gasteiger partial charge on any atom is 0.127 e. The Labute approximate surface area is 103 Å². The first-order valence-electron chi connectivity index (χ1n) is 7.01. The van der Waals surface area contributed by atoms with Crippen LogP contribution in [0.15, 0.2) is 0 Å². The van der Waals surface area contributed by atoms with E-state index in [1.807, 2.05) is 0 Å². The molecule has 0 radical (unpaired) electrons. The van der Waals surface area contributed by atoms with Gasteiger partial charge in [0.15, 0.2) is 0 Å². The van der Waals surface area contributed by atoms with Crippen LogP contribution in [0.1, 0.15) is 68.9 Å². The predicted molar refractivity (Wildman–Crippen MR) is 70.0 cm³/mol. The third-order valence-corrected chi connectivity index (χ3v) is 4.47. The van der Waals surface area contributed by atoms with Crippen molar-refractivity contribution in [1.82, 2.24) is 9.55 Å². The number of nitrogens with two attached hydrogens (primary N) is 1. The van der Waals surface area contributed by atoms with Gasteiger partial charge in [0, 0.05) is 12.0 Å². The lowest BCUT2D eigenvalue weighted by Gasteiger charge is -2.25. The fraction of sp³-hybridized carbons (Fsp3) is 0.786. The molecule has 0 atom stereocenters. The zero-order valence-corrected chi connectivity index (χ0v) is 10.9. The summed E-state index contributed by atoms with van der Waals surface area (Å²) in [6, 6.07) is 0.652. The number of nitrogens with zero attached hydrogens (tertiary/aromatic N) is 2. The first kappa shape index (κ1) is 11.1. The normalized spacial score (nSPS) is 29.5. The second-order valence-electron chi connectivity index (χ2n) is 5.99. The zero-order chi connectivity index (χ0) is 12.0. The molecule has 0 spiro atoms. The zero-order valence-electron chi connectivity index (χ0n) is 10.9. The molecule has 2 fully saturated rings. The van der Waals surface area contributed by atoms with Crippen molar-refractivity contribution >= 4 is 5.82 Å². The second kappa shape index (κ2) is 4.04. The van der Waals surface area contributed by atoms with Gasteiger partial charge in [0.2, 0.25) is 0 Å². The highest BCUT2D eigenvalue weighted by molar-refractivity contribution is 5.42. The van der Waals surface area contributed by atoms with Crippen molar-refractivity contribution in [2.45, 2.75) is 64.3 Å². The molecule has 3 heteroatoms. The lowest BCUT2D eigenvalue weighted by atomic mass is 9.81. The minimum atomic E-state index is 0.616. The summed E-state index contributed by atoms with van der Waals surface area (Å²) in [7, 11) is 0. The molecule has 2 saturated carbocycles. The summed E-state index contributed by atoms with van der Waals surface area (Å²) in [5.41, 5.74) is 7.51. The van der Waals surface area contributed by atoms with Crippen LogP contribution in [0.2, 0.25) is 0 Å². The number of imidazole rings is 1. The monoisotopic (exact) mass is 233 g/mol. The maximum absolute atomic E-state index is 6.31. The van der Waals surface area contributed by atoms with Gasteiger partial charge in [0.05, 0.1) is 5.69 Å².